The van der Waals surface area contributed by atoms with Crippen LogP contribution >= 0.6 is 23.5 Å². The van der Waals surface area contributed by atoms with Crippen molar-refractivity contribution in [3.8, 4) is 0 Å². The molecule has 0 spiro atoms. The summed E-state index contributed by atoms with van der Waals surface area (Å²) in [6, 6.07) is 0. The van der Waals surface area contributed by atoms with Gasteiger partial charge in [0.25, 0.3) is 0 Å². The van der Waals surface area contributed by atoms with Gasteiger partial charge in [0.05, 0.1) is 24.1 Å². The molecule has 0 radical (unpaired) electrons. The first kappa shape index (κ1) is 24.4. The van der Waals surface area contributed by atoms with Gasteiger partial charge in [-0.2, -0.15) is 23.5 Å². The number of carbonyl (C=O) groups excluding carboxylic acids is 2. The van der Waals surface area contributed by atoms with Crippen molar-refractivity contribution < 1.29 is 30.0 Å². The number of carbonyl (C=O) groups is 2. The van der Waals surface area contributed by atoms with E-state index in [-0.39, 0.29) is 35.9 Å². The summed E-state index contributed by atoms with van der Waals surface area (Å²) in [5.41, 5.74) is 0. The first-order valence-electron chi connectivity index (χ1n) is 5.12. The molecule has 0 saturated heterocycles. The Kier molecular flexibility index (Phi) is 21.0. The molecule has 9 heteroatoms. The van der Waals surface area contributed by atoms with Gasteiger partial charge in [-0.1, -0.05) is 0 Å². The topological polar surface area (TPSA) is 121 Å². The molecule has 2 N–H and O–H groups in total. The Labute approximate surface area is 137 Å². The summed E-state index contributed by atoms with van der Waals surface area (Å²) in [4.78, 5) is 19.7. The van der Waals surface area contributed by atoms with Crippen LogP contribution in [0.3, 0.4) is 0 Å². The Morgan fingerprint density at radius 2 is 1.21 bits per heavy atom. The second-order valence-corrected chi connectivity index (χ2v) is 5.20. The van der Waals surface area contributed by atoms with Crippen molar-refractivity contribution in [1.82, 2.24) is 0 Å². The van der Waals surface area contributed by atoms with E-state index < -0.39 is 24.1 Å². The molecule has 0 amide bonds. The number of aliphatic carboxylic acids is 2. The zero-order valence-electron chi connectivity index (χ0n) is 11.0. The molecule has 0 rings (SSSR count). The maximum atomic E-state index is 9.83. The van der Waals surface area contributed by atoms with E-state index in [9.17, 15) is 19.8 Å². The molecule has 0 saturated carbocycles. The van der Waals surface area contributed by atoms with Crippen LogP contribution in [0, 0.1) is 0 Å². The van der Waals surface area contributed by atoms with Crippen LogP contribution in [0.5, 0.6) is 0 Å². The van der Waals surface area contributed by atoms with Gasteiger partial charge in [0.2, 0.25) is 0 Å². The average molecular weight is 323 g/mol. The molecular weight excluding hydrogens is 305 g/mol. The molecule has 0 aromatic carbocycles. The molecule has 0 aliphatic heterocycles. The number of carboxylic acids is 2. The summed E-state index contributed by atoms with van der Waals surface area (Å²) in [7, 11) is 0. The molecule has 0 aliphatic rings. The molecule has 0 bridgehead atoms. The Hall–Kier alpha value is 0.326. The van der Waals surface area contributed by atoms with Gasteiger partial charge in [-0.15, -0.1) is 0 Å². The van der Waals surface area contributed by atoms with Gasteiger partial charge in [-0.25, -0.2) is 0 Å². The van der Waals surface area contributed by atoms with Gasteiger partial charge in [0.15, 0.2) is 0 Å². The molecular formula is C10H18MgO6S2. The zero-order valence-corrected chi connectivity index (χ0v) is 14.1. The summed E-state index contributed by atoms with van der Waals surface area (Å²) in [6.45, 7) is 0. The fourth-order valence-electron chi connectivity index (χ4n) is 0.695. The monoisotopic (exact) mass is 322 g/mol. The van der Waals surface area contributed by atoms with Crippen molar-refractivity contribution in [2.75, 3.05) is 24.0 Å². The number of hydrogen-bond acceptors (Lipinski definition) is 8. The number of aliphatic hydroxyl groups excluding tert-OH is 2. The Bertz CT molecular complexity index is 218. The summed E-state index contributed by atoms with van der Waals surface area (Å²) in [6.07, 6.45) is 1.65. The third-order valence-electron chi connectivity index (χ3n) is 1.73. The second kappa shape index (κ2) is 16.4. The van der Waals surface area contributed by atoms with Crippen LogP contribution in [-0.2, 0) is 9.59 Å². The van der Waals surface area contributed by atoms with Crippen molar-refractivity contribution >= 4 is 58.5 Å². The van der Waals surface area contributed by atoms with Crippen molar-refractivity contribution in [2.45, 2.75) is 25.0 Å². The minimum absolute atomic E-state index is 0. The first-order chi connectivity index (χ1) is 8.36. The largest absolute Gasteiger partial charge is 2.00 e. The van der Waals surface area contributed by atoms with Gasteiger partial charge < -0.3 is 30.0 Å². The fraction of sp³-hybridized carbons (Fsp3) is 0.800. The number of rotatable bonds is 8. The quantitative estimate of drug-likeness (QED) is 0.464. The summed E-state index contributed by atoms with van der Waals surface area (Å²) in [5, 5.41) is 36.8. The maximum absolute atomic E-state index is 9.83. The van der Waals surface area contributed by atoms with E-state index in [1.807, 2.05) is 12.5 Å². The van der Waals surface area contributed by atoms with Gasteiger partial charge in [-0.3, -0.25) is 0 Å². The minimum atomic E-state index is -1.39. The van der Waals surface area contributed by atoms with E-state index in [1.165, 1.54) is 23.5 Å². The van der Waals surface area contributed by atoms with Crippen LogP contribution in [0.25, 0.3) is 0 Å². The van der Waals surface area contributed by atoms with Crippen LogP contribution in [0.2, 0.25) is 0 Å². The molecule has 2 unspecified atom stereocenters. The zero-order chi connectivity index (χ0) is 14.6. The molecule has 0 heterocycles. The van der Waals surface area contributed by atoms with Gasteiger partial charge in [0, 0.05) is 0 Å². The van der Waals surface area contributed by atoms with Gasteiger partial charge in [0.1, 0.15) is 0 Å². The van der Waals surface area contributed by atoms with Crippen LogP contribution in [0.15, 0.2) is 0 Å². The molecule has 2 atom stereocenters. The summed E-state index contributed by atoms with van der Waals surface area (Å²) >= 11 is 2.99. The van der Waals surface area contributed by atoms with Crippen LogP contribution < -0.4 is 10.2 Å². The first-order valence-corrected chi connectivity index (χ1v) is 7.91. The third-order valence-corrected chi connectivity index (χ3v) is 3.02. The van der Waals surface area contributed by atoms with Crippen molar-refractivity contribution in [3.63, 3.8) is 0 Å². The molecule has 108 valence electrons. The number of hydrogen-bond donors (Lipinski definition) is 2. The van der Waals surface area contributed by atoms with E-state index in [1.54, 1.807) is 0 Å². The van der Waals surface area contributed by atoms with E-state index >= 15 is 0 Å². The molecule has 0 aromatic heterocycles. The minimum Gasteiger partial charge on any atom is -0.547 e. The molecule has 0 aromatic rings. The van der Waals surface area contributed by atoms with Crippen molar-refractivity contribution in [1.29, 1.82) is 0 Å². The number of thioether (sulfide) groups is 2. The predicted molar refractivity (Wildman–Crippen MR) is 73.8 cm³/mol. The van der Waals surface area contributed by atoms with Crippen LogP contribution in [-0.4, -0.2) is 81.4 Å². The number of aliphatic hydroxyl groups is 2. The molecule has 0 aliphatic carbocycles. The second-order valence-electron chi connectivity index (χ2n) is 3.23. The number of carboxylic acid groups (broad SMARTS) is 2. The molecule has 6 nitrogen and oxygen atoms in total. The summed E-state index contributed by atoms with van der Waals surface area (Å²) < 4.78 is 0. The Morgan fingerprint density at radius 1 is 0.947 bits per heavy atom. The van der Waals surface area contributed by atoms with Crippen molar-refractivity contribution in [2.24, 2.45) is 0 Å². The normalized spacial score (nSPS) is 12.4. The summed E-state index contributed by atoms with van der Waals surface area (Å²) in [5.74, 6) is -1.47. The Balaban J connectivity index is -0.000000256. The van der Waals surface area contributed by atoms with E-state index in [0.29, 0.717) is 11.5 Å². The van der Waals surface area contributed by atoms with E-state index in [2.05, 4.69) is 0 Å². The van der Waals surface area contributed by atoms with E-state index in [4.69, 9.17) is 10.2 Å². The Morgan fingerprint density at radius 3 is 1.37 bits per heavy atom. The van der Waals surface area contributed by atoms with Gasteiger partial charge >= 0.3 is 23.1 Å². The predicted octanol–water partition coefficient (Wildman–Crippen LogP) is -2.68. The van der Waals surface area contributed by atoms with Gasteiger partial charge in [-0.05, 0) is 36.9 Å². The van der Waals surface area contributed by atoms with Crippen LogP contribution in [0.4, 0.5) is 0 Å². The average Bonchev–Trinajstić information content (AvgIpc) is 2.33. The standard InChI is InChI=1S/2C5H10O3S.Mg/c2*1-9-3-2-4(6)5(7)8;/h2*4,6H,2-3H2,1H3,(H,7,8);/q;;+2/p-2. The van der Waals surface area contributed by atoms with E-state index in [0.717, 1.165) is 0 Å². The SMILES string of the molecule is CSCCC(O)C(=O)[O-].CSCCC(O)C(=O)[O-].[Mg+2]. The maximum Gasteiger partial charge on any atom is 2.00 e. The molecule has 19 heavy (non-hydrogen) atoms. The molecule has 0 fully saturated rings. The smallest absolute Gasteiger partial charge is 0.547 e. The van der Waals surface area contributed by atoms with Crippen molar-refractivity contribution in [3.05, 3.63) is 0 Å². The van der Waals surface area contributed by atoms with Crippen LogP contribution in [0.1, 0.15) is 12.8 Å². The fourth-order valence-corrected chi connectivity index (χ4v) is 1.61. The third kappa shape index (κ3) is 18.3.